The Balaban J connectivity index is 2.20. The van der Waals surface area contributed by atoms with Crippen molar-refractivity contribution in [3.63, 3.8) is 0 Å². The molecule has 0 atom stereocenters. The third kappa shape index (κ3) is 5.07. The molecule has 0 unspecified atom stereocenters. The average molecular weight is 340 g/mol. The highest BCUT2D eigenvalue weighted by molar-refractivity contribution is 7.99. The van der Waals surface area contributed by atoms with Crippen molar-refractivity contribution in [2.45, 2.75) is 37.0 Å². The first-order chi connectivity index (χ1) is 11.6. The molecule has 0 fully saturated rings. The van der Waals surface area contributed by atoms with Crippen LogP contribution in [-0.4, -0.2) is 12.6 Å². The predicted molar refractivity (Wildman–Crippen MR) is 96.6 cm³/mol. The van der Waals surface area contributed by atoms with E-state index in [9.17, 15) is 4.79 Å². The Bertz CT molecular complexity index is 755. The summed E-state index contributed by atoms with van der Waals surface area (Å²) in [6, 6.07) is 13.6. The van der Waals surface area contributed by atoms with E-state index >= 15 is 0 Å². The fourth-order valence-electron chi connectivity index (χ4n) is 2.10. The normalized spacial score (nSPS) is 9.79. The van der Waals surface area contributed by atoms with Gasteiger partial charge < -0.3 is 9.47 Å². The van der Waals surface area contributed by atoms with Gasteiger partial charge in [0.25, 0.3) is 0 Å². The molecule has 2 aromatic carbocycles. The molecule has 0 N–H and O–H groups in total. The number of esters is 1. The van der Waals surface area contributed by atoms with Gasteiger partial charge >= 0.3 is 5.97 Å². The van der Waals surface area contributed by atoms with E-state index in [0.29, 0.717) is 12.4 Å². The van der Waals surface area contributed by atoms with Gasteiger partial charge in [-0.1, -0.05) is 36.7 Å². The second-order valence-electron chi connectivity index (χ2n) is 4.98. The van der Waals surface area contributed by atoms with Gasteiger partial charge in [0.2, 0.25) is 0 Å². The van der Waals surface area contributed by atoms with Crippen LogP contribution in [0.25, 0.3) is 0 Å². The van der Waals surface area contributed by atoms with Crippen molar-refractivity contribution in [2.24, 2.45) is 0 Å². The molecule has 24 heavy (non-hydrogen) atoms. The van der Waals surface area contributed by atoms with Crippen molar-refractivity contribution in [3.8, 4) is 23.3 Å². The fraction of sp³-hybridized carbons (Fsp3) is 0.250. The number of aryl methyl sites for hydroxylation is 1. The zero-order chi connectivity index (χ0) is 17.4. The maximum absolute atomic E-state index is 11.3. The highest BCUT2D eigenvalue weighted by atomic mass is 32.2. The van der Waals surface area contributed by atoms with Gasteiger partial charge in [-0.2, -0.15) is 0 Å². The van der Waals surface area contributed by atoms with Crippen LogP contribution in [0.1, 0.15) is 26.3 Å². The van der Waals surface area contributed by atoms with Crippen molar-refractivity contribution in [3.05, 3.63) is 48.0 Å². The number of carbonyl (C=O) groups is 1. The summed E-state index contributed by atoms with van der Waals surface area (Å²) >= 11 is 1.58. The van der Waals surface area contributed by atoms with Gasteiger partial charge in [-0.3, -0.25) is 4.79 Å². The van der Waals surface area contributed by atoms with E-state index in [4.69, 9.17) is 9.47 Å². The minimum atomic E-state index is -0.314. The molecule has 0 aliphatic heterocycles. The summed E-state index contributed by atoms with van der Waals surface area (Å²) in [6.07, 6.45) is 0.869. The molecule has 0 spiro atoms. The monoisotopic (exact) mass is 340 g/mol. The fourth-order valence-corrected chi connectivity index (χ4v) is 3.17. The summed E-state index contributed by atoms with van der Waals surface area (Å²) in [5.74, 6) is 6.73. The first-order valence-electron chi connectivity index (χ1n) is 7.74. The predicted octanol–water partition coefficient (Wildman–Crippen LogP) is 4.73. The lowest BCUT2D eigenvalue weighted by Gasteiger charge is -2.13. The summed E-state index contributed by atoms with van der Waals surface area (Å²) in [7, 11) is 0. The Hall–Kier alpha value is -2.38. The summed E-state index contributed by atoms with van der Waals surface area (Å²) in [4.78, 5) is 13.4. The molecule has 124 valence electrons. The smallest absolute Gasteiger partial charge is 0.308 e. The standard InChI is InChI=1S/C20H20O3S/c1-4-6-14-22-17-10-12-18(13-11-17)24-20-16(5-2)8-7-9-19(20)23-15(3)21/h7-13H,5,14H2,1-3H3. The number of carbonyl (C=O) groups excluding carboxylic acids is 1. The van der Waals surface area contributed by atoms with Crippen molar-refractivity contribution in [2.75, 3.05) is 6.61 Å². The lowest BCUT2D eigenvalue weighted by Crippen LogP contribution is -2.03. The largest absolute Gasteiger partial charge is 0.481 e. The molecule has 0 aliphatic rings. The second-order valence-corrected chi connectivity index (χ2v) is 6.06. The minimum absolute atomic E-state index is 0.314. The van der Waals surface area contributed by atoms with Gasteiger partial charge in [-0.05, 0) is 49.2 Å². The van der Waals surface area contributed by atoms with Crippen LogP contribution in [0.4, 0.5) is 0 Å². The third-order valence-electron chi connectivity index (χ3n) is 3.23. The van der Waals surface area contributed by atoms with Crippen molar-refractivity contribution >= 4 is 17.7 Å². The second kappa shape index (κ2) is 9.05. The molecule has 2 rings (SSSR count). The molecule has 4 heteroatoms. The van der Waals surface area contributed by atoms with Gasteiger partial charge in [0, 0.05) is 11.8 Å². The average Bonchev–Trinajstić information content (AvgIpc) is 2.57. The molecule has 0 radical (unpaired) electrons. The first kappa shape index (κ1) is 18.0. The molecule has 0 aliphatic carbocycles. The quantitative estimate of drug-likeness (QED) is 0.433. The lowest BCUT2D eigenvalue weighted by molar-refractivity contribution is -0.132. The van der Waals surface area contributed by atoms with Gasteiger partial charge in [-0.25, -0.2) is 0 Å². The van der Waals surface area contributed by atoms with Gasteiger partial charge in [0.1, 0.15) is 18.1 Å². The van der Waals surface area contributed by atoms with E-state index in [1.807, 2.05) is 36.4 Å². The number of hydrogen-bond acceptors (Lipinski definition) is 4. The van der Waals surface area contributed by atoms with E-state index in [-0.39, 0.29) is 5.97 Å². The maximum atomic E-state index is 11.3. The van der Waals surface area contributed by atoms with Crippen LogP contribution in [0, 0.1) is 11.8 Å². The van der Waals surface area contributed by atoms with Gasteiger partial charge in [0.05, 0.1) is 4.90 Å². The zero-order valence-electron chi connectivity index (χ0n) is 14.1. The number of benzene rings is 2. The Morgan fingerprint density at radius 3 is 2.54 bits per heavy atom. The molecule has 0 saturated carbocycles. The Kier molecular flexibility index (Phi) is 6.77. The Morgan fingerprint density at radius 1 is 1.17 bits per heavy atom. The number of ether oxygens (including phenoxy) is 2. The summed E-state index contributed by atoms with van der Waals surface area (Å²) in [6.45, 7) is 5.67. The third-order valence-corrected chi connectivity index (χ3v) is 4.40. The van der Waals surface area contributed by atoms with Crippen LogP contribution in [0.3, 0.4) is 0 Å². The Labute approximate surface area is 147 Å². The molecular weight excluding hydrogens is 320 g/mol. The van der Waals surface area contributed by atoms with E-state index in [1.54, 1.807) is 18.7 Å². The van der Waals surface area contributed by atoms with Gasteiger partial charge in [-0.15, -0.1) is 5.92 Å². The van der Waals surface area contributed by atoms with Gasteiger partial charge in [0.15, 0.2) is 0 Å². The van der Waals surface area contributed by atoms with Crippen LogP contribution in [-0.2, 0) is 11.2 Å². The van der Waals surface area contributed by atoms with E-state index < -0.39 is 0 Å². The maximum Gasteiger partial charge on any atom is 0.308 e. The number of rotatable bonds is 6. The number of hydrogen-bond donors (Lipinski definition) is 0. The molecule has 2 aromatic rings. The summed E-state index contributed by atoms with van der Waals surface area (Å²) in [5.41, 5.74) is 1.15. The van der Waals surface area contributed by atoms with Crippen LogP contribution in [0.5, 0.6) is 11.5 Å². The van der Waals surface area contributed by atoms with Crippen molar-refractivity contribution in [1.82, 2.24) is 0 Å². The molecule has 0 saturated heterocycles. The Morgan fingerprint density at radius 2 is 1.92 bits per heavy atom. The molecule has 0 aromatic heterocycles. The molecule has 0 heterocycles. The molecule has 0 bridgehead atoms. The van der Waals surface area contributed by atoms with E-state index in [0.717, 1.165) is 27.5 Å². The molecule has 3 nitrogen and oxygen atoms in total. The van der Waals surface area contributed by atoms with Crippen LogP contribution < -0.4 is 9.47 Å². The molecular formula is C20H20O3S. The van der Waals surface area contributed by atoms with E-state index in [1.165, 1.54) is 6.92 Å². The van der Waals surface area contributed by atoms with Crippen molar-refractivity contribution in [1.29, 1.82) is 0 Å². The summed E-state index contributed by atoms with van der Waals surface area (Å²) < 4.78 is 10.9. The van der Waals surface area contributed by atoms with Crippen LogP contribution in [0.2, 0.25) is 0 Å². The highest BCUT2D eigenvalue weighted by Gasteiger charge is 2.12. The molecule has 0 amide bonds. The lowest BCUT2D eigenvalue weighted by atomic mass is 10.1. The minimum Gasteiger partial charge on any atom is -0.481 e. The summed E-state index contributed by atoms with van der Waals surface area (Å²) in [5, 5.41) is 0. The highest BCUT2D eigenvalue weighted by Crippen LogP contribution is 2.38. The first-order valence-corrected chi connectivity index (χ1v) is 8.56. The SMILES string of the molecule is CC#CCOc1ccc(Sc2c(CC)cccc2OC(C)=O)cc1. The zero-order valence-corrected chi connectivity index (χ0v) is 14.9. The van der Waals surface area contributed by atoms with Crippen LogP contribution >= 0.6 is 11.8 Å². The topological polar surface area (TPSA) is 35.5 Å². The van der Waals surface area contributed by atoms with Crippen LogP contribution in [0.15, 0.2) is 52.3 Å². The van der Waals surface area contributed by atoms with Crippen molar-refractivity contribution < 1.29 is 14.3 Å². The van der Waals surface area contributed by atoms with E-state index in [2.05, 4.69) is 24.8 Å².